The Morgan fingerprint density at radius 3 is 2.15 bits per heavy atom. The number of aryl methyl sites for hydroxylation is 2. The van der Waals surface area contributed by atoms with Gasteiger partial charge in [0, 0.05) is 49.8 Å². The van der Waals surface area contributed by atoms with E-state index in [4.69, 9.17) is 13.8 Å². The van der Waals surface area contributed by atoms with Crippen molar-refractivity contribution in [3.8, 4) is 28.3 Å². The first-order valence-corrected chi connectivity index (χ1v) is 21.5. The van der Waals surface area contributed by atoms with Gasteiger partial charge in [-0.2, -0.15) is 0 Å². The molecule has 0 bridgehead atoms. The van der Waals surface area contributed by atoms with Crippen LogP contribution in [0, 0.1) is 26.0 Å². The first kappa shape index (κ1) is 37.2. The molecule has 0 aliphatic rings. The average Bonchev–Trinajstić information content (AvgIpc) is 3.83. The molecular formula is C46H42IrN4O2Si-2. The number of nitrogens with zero attached hydrogens (tertiary/aromatic N) is 4. The van der Waals surface area contributed by atoms with Crippen molar-refractivity contribution in [1.82, 2.24) is 19.5 Å². The van der Waals surface area contributed by atoms with Gasteiger partial charge in [0.15, 0.2) is 5.89 Å². The molecule has 0 atom stereocenters. The third-order valence-electron chi connectivity index (χ3n) is 9.75. The first-order valence-electron chi connectivity index (χ1n) is 18.0. The van der Waals surface area contributed by atoms with E-state index in [0.717, 1.165) is 72.4 Å². The molecule has 8 heteroatoms. The number of pyridine rings is 1. The van der Waals surface area contributed by atoms with Crippen molar-refractivity contribution < 1.29 is 28.9 Å². The molecule has 5 aromatic carbocycles. The molecule has 9 aromatic rings. The molecule has 4 aromatic heterocycles. The van der Waals surface area contributed by atoms with Gasteiger partial charge in [-0.25, -0.2) is 4.98 Å². The zero-order valence-electron chi connectivity index (χ0n) is 31.8. The van der Waals surface area contributed by atoms with Crippen LogP contribution in [0.5, 0.6) is 0 Å². The van der Waals surface area contributed by atoms with Crippen molar-refractivity contribution in [2.24, 2.45) is 0 Å². The summed E-state index contributed by atoms with van der Waals surface area (Å²) in [6, 6.07) is 41.8. The second-order valence-electron chi connectivity index (χ2n) is 15.7. The van der Waals surface area contributed by atoms with Crippen LogP contribution in [0.25, 0.3) is 72.4 Å². The van der Waals surface area contributed by atoms with Crippen molar-refractivity contribution in [1.29, 1.82) is 0 Å². The fourth-order valence-electron chi connectivity index (χ4n) is 7.09. The molecule has 0 fully saturated rings. The molecule has 0 aliphatic carbocycles. The SMILES string of the molecule is CC(C)(C)c1ccc(-n2c(-c3[c-]ccc4c3oc3ccccc34)nc3ccccc32)cc1.Cc1nc2cc[c-]c(-c3cc(C)c([Si](C)(C)C)cn3)c2o1.[Ir]. The quantitative estimate of drug-likeness (QED) is 0.130. The van der Waals surface area contributed by atoms with Gasteiger partial charge in [-0.15, -0.1) is 36.4 Å². The van der Waals surface area contributed by atoms with Gasteiger partial charge in [0.2, 0.25) is 0 Å². The van der Waals surface area contributed by atoms with Crippen LogP contribution in [0.1, 0.15) is 37.8 Å². The van der Waals surface area contributed by atoms with Gasteiger partial charge in [0.05, 0.1) is 36.1 Å². The number of rotatable bonds is 4. The summed E-state index contributed by atoms with van der Waals surface area (Å²) in [5.41, 5.74) is 11.8. The molecule has 0 saturated heterocycles. The Labute approximate surface area is 330 Å². The summed E-state index contributed by atoms with van der Waals surface area (Å²) >= 11 is 0. The minimum atomic E-state index is -1.36. The number of hydrogen-bond donors (Lipinski definition) is 0. The molecule has 9 rings (SSSR count). The zero-order chi connectivity index (χ0) is 37.1. The number of fused-ring (bicyclic) bond motifs is 5. The van der Waals surface area contributed by atoms with E-state index in [-0.39, 0.29) is 25.5 Å². The van der Waals surface area contributed by atoms with Crippen molar-refractivity contribution in [2.75, 3.05) is 0 Å². The van der Waals surface area contributed by atoms with Gasteiger partial charge in [-0.3, -0.25) is 4.98 Å². The Bertz CT molecular complexity index is 2780. The minimum Gasteiger partial charge on any atom is -0.501 e. The molecule has 0 amide bonds. The van der Waals surface area contributed by atoms with E-state index >= 15 is 0 Å². The third kappa shape index (κ3) is 6.86. The van der Waals surface area contributed by atoms with Gasteiger partial charge >= 0.3 is 0 Å². The van der Waals surface area contributed by atoms with E-state index in [9.17, 15) is 0 Å². The van der Waals surface area contributed by atoms with Gasteiger partial charge in [-0.05, 0) is 59.1 Å². The average molecular weight is 903 g/mol. The Kier molecular flexibility index (Phi) is 9.81. The normalized spacial score (nSPS) is 11.9. The maximum absolute atomic E-state index is 6.30. The predicted molar refractivity (Wildman–Crippen MR) is 220 cm³/mol. The largest absolute Gasteiger partial charge is 0.501 e. The molecule has 54 heavy (non-hydrogen) atoms. The maximum atomic E-state index is 6.30. The van der Waals surface area contributed by atoms with Crippen LogP contribution in [0.2, 0.25) is 19.6 Å². The van der Waals surface area contributed by atoms with E-state index in [1.807, 2.05) is 55.6 Å². The van der Waals surface area contributed by atoms with Crippen molar-refractivity contribution in [3.05, 3.63) is 138 Å². The molecule has 0 unspecified atom stereocenters. The van der Waals surface area contributed by atoms with Crippen LogP contribution in [0.15, 0.2) is 118 Å². The van der Waals surface area contributed by atoms with Gasteiger partial charge in [0.1, 0.15) is 5.58 Å². The van der Waals surface area contributed by atoms with Crippen LogP contribution in [-0.4, -0.2) is 27.6 Å². The van der Waals surface area contributed by atoms with Crippen LogP contribution in [0.4, 0.5) is 0 Å². The van der Waals surface area contributed by atoms with Gasteiger partial charge < -0.3 is 18.4 Å². The van der Waals surface area contributed by atoms with E-state index in [1.165, 1.54) is 16.3 Å². The van der Waals surface area contributed by atoms with Crippen molar-refractivity contribution in [2.45, 2.75) is 59.7 Å². The van der Waals surface area contributed by atoms with E-state index in [2.05, 4.69) is 135 Å². The molecular weight excluding hydrogens is 861 g/mol. The molecule has 6 nitrogen and oxygen atoms in total. The van der Waals surface area contributed by atoms with Gasteiger partial charge in [0.25, 0.3) is 0 Å². The monoisotopic (exact) mass is 903 g/mol. The van der Waals surface area contributed by atoms with Crippen molar-refractivity contribution in [3.63, 3.8) is 0 Å². The predicted octanol–water partition coefficient (Wildman–Crippen LogP) is 11.5. The molecule has 273 valence electrons. The summed E-state index contributed by atoms with van der Waals surface area (Å²) in [5, 5.41) is 3.58. The number of furan rings is 1. The van der Waals surface area contributed by atoms with Crippen LogP contribution < -0.4 is 5.19 Å². The molecule has 0 N–H and O–H groups in total. The smallest absolute Gasteiger partial charge is 0.180 e. The van der Waals surface area contributed by atoms with E-state index in [0.29, 0.717) is 5.89 Å². The number of imidazole rings is 1. The van der Waals surface area contributed by atoms with Crippen LogP contribution in [0.3, 0.4) is 0 Å². The number of oxazole rings is 1. The van der Waals surface area contributed by atoms with Crippen LogP contribution >= 0.6 is 0 Å². The van der Waals surface area contributed by atoms with E-state index < -0.39 is 8.07 Å². The Hall–Kier alpha value is -5.14. The Morgan fingerprint density at radius 1 is 0.704 bits per heavy atom. The topological polar surface area (TPSA) is 69.9 Å². The standard InChI is InChI=1S/C29H23N2O.C17H19N2OSi.Ir/c1-29(2,3)19-15-17-20(18-16-19)31-25-13-6-5-12-24(25)30-28(31)23-11-8-10-22-21-9-4-7-14-26(21)32-27(22)23;1-11-9-15(18-10-16(11)21(3,4)5)13-7-6-8-14-17(13)20-12(2)19-14;/h4-10,12-18H,1-3H3;6,8-10H,1-5H3;/q2*-1;. The number of hydrogen-bond acceptors (Lipinski definition) is 5. The summed E-state index contributed by atoms with van der Waals surface area (Å²) in [4.78, 5) is 14.0. The van der Waals surface area contributed by atoms with E-state index in [1.54, 1.807) is 0 Å². The first-order chi connectivity index (χ1) is 25.4. The Balaban J connectivity index is 0.000000178. The Morgan fingerprint density at radius 2 is 1.41 bits per heavy atom. The molecule has 0 spiro atoms. The summed E-state index contributed by atoms with van der Waals surface area (Å²) in [7, 11) is -1.36. The molecule has 0 aliphatic heterocycles. The zero-order valence-corrected chi connectivity index (χ0v) is 35.2. The molecule has 0 saturated carbocycles. The van der Waals surface area contributed by atoms with Crippen molar-refractivity contribution >= 4 is 57.3 Å². The number of para-hydroxylation sites is 3. The van der Waals surface area contributed by atoms with Crippen LogP contribution in [-0.2, 0) is 25.5 Å². The number of benzene rings is 5. The summed E-state index contributed by atoms with van der Waals surface area (Å²) in [6.45, 7) is 17.7. The summed E-state index contributed by atoms with van der Waals surface area (Å²) in [5.74, 6) is 1.50. The minimum absolute atomic E-state index is 0. The molecule has 1 radical (unpaired) electrons. The summed E-state index contributed by atoms with van der Waals surface area (Å²) in [6.07, 6.45) is 2.02. The summed E-state index contributed by atoms with van der Waals surface area (Å²) < 4.78 is 14.2. The number of aromatic nitrogens is 4. The second kappa shape index (κ2) is 14.3. The fraction of sp³-hybridized carbons (Fsp3) is 0.196. The van der Waals surface area contributed by atoms with Gasteiger partial charge in [-0.1, -0.05) is 111 Å². The third-order valence-corrected chi connectivity index (χ3v) is 11.9. The maximum Gasteiger partial charge on any atom is 0.180 e. The molecule has 4 heterocycles. The fourth-order valence-corrected chi connectivity index (χ4v) is 8.80. The second-order valence-corrected chi connectivity index (χ2v) is 20.7.